The predicted molar refractivity (Wildman–Crippen MR) is 86.8 cm³/mol. The molecule has 1 heterocycles. The van der Waals surface area contributed by atoms with Gasteiger partial charge in [0, 0.05) is 32.0 Å². The van der Waals surface area contributed by atoms with Crippen molar-refractivity contribution in [3.63, 3.8) is 0 Å². The fourth-order valence-electron chi connectivity index (χ4n) is 1.99. The number of halogens is 1. The number of aromatic nitrogens is 1. The summed E-state index contributed by atoms with van der Waals surface area (Å²) >= 11 is 6.09. The molecule has 0 aliphatic heterocycles. The van der Waals surface area contributed by atoms with Crippen molar-refractivity contribution >= 4 is 23.1 Å². The molecule has 108 valence electrons. The standard InChI is InChI=1S/C16H17ClN4/c1-21(14-6-3-2-4-7-14)11-5-9-19-16-15(17)13(12-18)8-10-20-16/h2-4,6-8,10H,5,9,11H2,1H3,(H,19,20). The second kappa shape index (κ2) is 7.51. The summed E-state index contributed by atoms with van der Waals surface area (Å²) in [6, 6.07) is 13.9. The van der Waals surface area contributed by atoms with Crippen molar-refractivity contribution in [3.8, 4) is 6.07 Å². The van der Waals surface area contributed by atoms with E-state index in [4.69, 9.17) is 16.9 Å². The molecule has 0 fully saturated rings. The van der Waals surface area contributed by atoms with Crippen LogP contribution in [-0.4, -0.2) is 25.1 Å². The molecule has 21 heavy (non-hydrogen) atoms. The summed E-state index contributed by atoms with van der Waals surface area (Å²) in [7, 11) is 2.07. The molecule has 1 aromatic carbocycles. The van der Waals surface area contributed by atoms with Crippen LogP contribution in [0.15, 0.2) is 42.6 Å². The number of para-hydroxylation sites is 1. The summed E-state index contributed by atoms with van der Waals surface area (Å²) in [6.07, 6.45) is 2.53. The van der Waals surface area contributed by atoms with E-state index in [1.54, 1.807) is 12.3 Å². The number of rotatable bonds is 6. The van der Waals surface area contributed by atoms with Crippen LogP contribution < -0.4 is 10.2 Å². The van der Waals surface area contributed by atoms with Crippen LogP contribution in [-0.2, 0) is 0 Å². The summed E-state index contributed by atoms with van der Waals surface area (Å²) in [6.45, 7) is 1.67. The van der Waals surface area contributed by atoms with E-state index in [0.717, 1.165) is 19.5 Å². The van der Waals surface area contributed by atoms with Crippen molar-refractivity contribution < 1.29 is 0 Å². The molecule has 0 aliphatic rings. The Bertz CT molecular complexity index is 622. The fourth-order valence-corrected chi connectivity index (χ4v) is 2.21. The first-order valence-corrected chi connectivity index (χ1v) is 7.15. The quantitative estimate of drug-likeness (QED) is 0.829. The van der Waals surface area contributed by atoms with Gasteiger partial charge in [0.05, 0.1) is 5.56 Å². The predicted octanol–water partition coefficient (Wildman–Crippen LogP) is 3.55. The van der Waals surface area contributed by atoms with Gasteiger partial charge in [0.15, 0.2) is 0 Å². The number of nitriles is 1. The largest absolute Gasteiger partial charge is 0.375 e. The van der Waals surface area contributed by atoms with Gasteiger partial charge in [-0.15, -0.1) is 0 Å². The van der Waals surface area contributed by atoms with Gasteiger partial charge < -0.3 is 10.2 Å². The second-order valence-corrected chi connectivity index (χ2v) is 5.05. The van der Waals surface area contributed by atoms with E-state index in [1.807, 2.05) is 24.3 Å². The van der Waals surface area contributed by atoms with Crippen LogP contribution in [0.25, 0.3) is 0 Å². The van der Waals surface area contributed by atoms with Gasteiger partial charge in [0.1, 0.15) is 16.9 Å². The Morgan fingerprint density at radius 1 is 1.29 bits per heavy atom. The SMILES string of the molecule is CN(CCCNc1nccc(C#N)c1Cl)c1ccccc1. The molecule has 0 amide bonds. The summed E-state index contributed by atoms with van der Waals surface area (Å²) in [4.78, 5) is 6.35. The first kappa shape index (κ1) is 15.1. The van der Waals surface area contributed by atoms with Crippen molar-refractivity contribution in [2.24, 2.45) is 0 Å². The zero-order chi connectivity index (χ0) is 15.1. The van der Waals surface area contributed by atoms with Crippen molar-refractivity contribution in [2.45, 2.75) is 6.42 Å². The zero-order valence-corrected chi connectivity index (χ0v) is 12.6. The number of nitrogens with zero attached hydrogens (tertiary/aromatic N) is 3. The molecule has 4 nitrogen and oxygen atoms in total. The van der Waals surface area contributed by atoms with Crippen LogP contribution in [0.2, 0.25) is 5.02 Å². The Morgan fingerprint density at radius 2 is 2.05 bits per heavy atom. The van der Waals surface area contributed by atoms with Gasteiger partial charge in [0.25, 0.3) is 0 Å². The zero-order valence-electron chi connectivity index (χ0n) is 11.9. The summed E-state index contributed by atoms with van der Waals surface area (Å²) in [5.41, 5.74) is 1.63. The van der Waals surface area contributed by atoms with Gasteiger partial charge in [-0.25, -0.2) is 4.98 Å². The van der Waals surface area contributed by atoms with Crippen molar-refractivity contribution in [1.82, 2.24) is 4.98 Å². The third-order valence-corrected chi connectivity index (χ3v) is 3.55. The Balaban J connectivity index is 1.82. The monoisotopic (exact) mass is 300 g/mol. The Labute approximate surface area is 130 Å². The molecule has 0 spiro atoms. The molecule has 0 bridgehead atoms. The van der Waals surface area contributed by atoms with E-state index in [9.17, 15) is 0 Å². The Hall–Kier alpha value is -2.25. The third kappa shape index (κ3) is 4.11. The Kier molecular flexibility index (Phi) is 5.42. The molecule has 0 aliphatic carbocycles. The van der Waals surface area contributed by atoms with E-state index < -0.39 is 0 Å². The number of hydrogen-bond acceptors (Lipinski definition) is 4. The first-order valence-electron chi connectivity index (χ1n) is 6.77. The molecule has 5 heteroatoms. The molecular formula is C16H17ClN4. The van der Waals surface area contributed by atoms with Gasteiger partial charge in [-0.2, -0.15) is 5.26 Å². The van der Waals surface area contributed by atoms with Gasteiger partial charge in [-0.3, -0.25) is 0 Å². The van der Waals surface area contributed by atoms with E-state index in [-0.39, 0.29) is 0 Å². The van der Waals surface area contributed by atoms with E-state index in [0.29, 0.717) is 16.4 Å². The maximum absolute atomic E-state index is 8.92. The van der Waals surface area contributed by atoms with E-state index in [2.05, 4.69) is 34.4 Å². The molecule has 2 rings (SSSR count). The van der Waals surface area contributed by atoms with Crippen LogP contribution in [0.5, 0.6) is 0 Å². The highest BCUT2D eigenvalue weighted by molar-refractivity contribution is 6.34. The average molecular weight is 301 g/mol. The lowest BCUT2D eigenvalue weighted by atomic mass is 10.2. The van der Waals surface area contributed by atoms with Crippen LogP contribution >= 0.6 is 11.6 Å². The van der Waals surface area contributed by atoms with Crippen LogP contribution in [0.4, 0.5) is 11.5 Å². The minimum absolute atomic E-state index is 0.386. The number of nitrogens with one attached hydrogen (secondary N) is 1. The maximum Gasteiger partial charge on any atom is 0.146 e. The molecule has 0 unspecified atom stereocenters. The number of anilines is 2. The minimum Gasteiger partial charge on any atom is -0.375 e. The number of benzene rings is 1. The van der Waals surface area contributed by atoms with Crippen molar-refractivity contribution in [1.29, 1.82) is 5.26 Å². The average Bonchev–Trinajstić information content (AvgIpc) is 2.53. The molecule has 0 atom stereocenters. The lowest BCUT2D eigenvalue weighted by Crippen LogP contribution is -2.20. The highest BCUT2D eigenvalue weighted by Crippen LogP contribution is 2.22. The van der Waals surface area contributed by atoms with E-state index >= 15 is 0 Å². The van der Waals surface area contributed by atoms with Crippen molar-refractivity contribution in [2.75, 3.05) is 30.4 Å². The maximum atomic E-state index is 8.92. The minimum atomic E-state index is 0.386. The number of pyridine rings is 1. The van der Waals surface area contributed by atoms with Crippen LogP contribution in [0.3, 0.4) is 0 Å². The fraction of sp³-hybridized carbons (Fsp3) is 0.250. The summed E-state index contributed by atoms with van der Waals surface area (Å²) in [5, 5.41) is 12.5. The number of hydrogen-bond donors (Lipinski definition) is 1. The molecule has 2 aromatic rings. The van der Waals surface area contributed by atoms with E-state index in [1.165, 1.54) is 5.69 Å². The normalized spacial score (nSPS) is 9.95. The van der Waals surface area contributed by atoms with Crippen LogP contribution in [0.1, 0.15) is 12.0 Å². The van der Waals surface area contributed by atoms with Crippen molar-refractivity contribution in [3.05, 3.63) is 53.2 Å². The molecule has 0 radical (unpaired) electrons. The van der Waals surface area contributed by atoms with Gasteiger partial charge in [-0.05, 0) is 24.6 Å². The topological polar surface area (TPSA) is 52.0 Å². The molecule has 1 N–H and O–H groups in total. The molecule has 0 saturated carbocycles. The highest BCUT2D eigenvalue weighted by atomic mass is 35.5. The third-order valence-electron chi connectivity index (χ3n) is 3.17. The Morgan fingerprint density at radius 3 is 2.76 bits per heavy atom. The molecule has 0 saturated heterocycles. The molecular weight excluding hydrogens is 284 g/mol. The first-order chi connectivity index (χ1) is 10.2. The van der Waals surface area contributed by atoms with Gasteiger partial charge >= 0.3 is 0 Å². The van der Waals surface area contributed by atoms with Gasteiger partial charge in [-0.1, -0.05) is 29.8 Å². The second-order valence-electron chi connectivity index (χ2n) is 4.67. The highest BCUT2D eigenvalue weighted by Gasteiger charge is 2.06. The molecule has 1 aromatic heterocycles. The lowest BCUT2D eigenvalue weighted by molar-refractivity contribution is 0.814. The smallest absolute Gasteiger partial charge is 0.146 e. The lowest BCUT2D eigenvalue weighted by Gasteiger charge is -2.19. The summed E-state index contributed by atoms with van der Waals surface area (Å²) < 4.78 is 0. The summed E-state index contributed by atoms with van der Waals surface area (Å²) in [5.74, 6) is 0.568. The van der Waals surface area contributed by atoms with Crippen LogP contribution in [0, 0.1) is 11.3 Å². The van der Waals surface area contributed by atoms with Gasteiger partial charge in [0.2, 0.25) is 0 Å².